The third-order valence-electron chi connectivity index (χ3n) is 4.25. The minimum absolute atomic E-state index is 0.0258. The molecule has 2 heterocycles. The van der Waals surface area contributed by atoms with Crippen molar-refractivity contribution in [2.45, 2.75) is 32.3 Å². The van der Waals surface area contributed by atoms with E-state index in [1.807, 2.05) is 13.8 Å². The van der Waals surface area contributed by atoms with Gasteiger partial charge >= 0.3 is 0 Å². The molecule has 1 aromatic heterocycles. The van der Waals surface area contributed by atoms with E-state index in [1.165, 1.54) is 14.2 Å². The zero-order valence-corrected chi connectivity index (χ0v) is 15.3. The first kappa shape index (κ1) is 17.8. The number of carbonyl (C=O) groups excluding carboxylic acids is 1. The van der Waals surface area contributed by atoms with Crippen molar-refractivity contribution in [1.82, 2.24) is 9.97 Å². The van der Waals surface area contributed by atoms with Crippen LogP contribution >= 0.6 is 0 Å². The van der Waals surface area contributed by atoms with Gasteiger partial charge in [-0.05, 0) is 25.5 Å². The molecule has 1 aliphatic heterocycles. The number of benzene rings is 1. The second-order valence-electron chi connectivity index (χ2n) is 6.75. The number of nitrogens with two attached hydrogens (primary N) is 2. The molecule has 1 aromatic carbocycles. The zero-order chi connectivity index (χ0) is 19.1. The van der Waals surface area contributed by atoms with Crippen LogP contribution in [0, 0.1) is 0 Å². The molecule has 138 valence electrons. The first-order chi connectivity index (χ1) is 12.3. The van der Waals surface area contributed by atoms with Gasteiger partial charge in [-0.25, -0.2) is 4.98 Å². The molecule has 0 fully saturated rings. The average molecular weight is 358 g/mol. The van der Waals surface area contributed by atoms with Gasteiger partial charge < -0.3 is 25.7 Å². The van der Waals surface area contributed by atoms with Crippen molar-refractivity contribution in [1.29, 1.82) is 0 Å². The predicted octanol–water partition coefficient (Wildman–Crippen LogP) is 1.99. The Labute approximate surface area is 151 Å². The number of ether oxygens (including phenoxy) is 3. The van der Waals surface area contributed by atoms with Gasteiger partial charge in [-0.3, -0.25) is 4.79 Å². The Hall–Kier alpha value is -3.03. The predicted molar refractivity (Wildman–Crippen MR) is 96.9 cm³/mol. The summed E-state index contributed by atoms with van der Waals surface area (Å²) in [4.78, 5) is 20.8. The Morgan fingerprint density at radius 1 is 1.23 bits per heavy atom. The van der Waals surface area contributed by atoms with Crippen molar-refractivity contribution < 1.29 is 19.0 Å². The molecule has 0 saturated carbocycles. The van der Waals surface area contributed by atoms with Crippen LogP contribution < -0.4 is 25.7 Å². The van der Waals surface area contributed by atoms with Gasteiger partial charge in [-0.15, -0.1) is 0 Å². The summed E-state index contributed by atoms with van der Waals surface area (Å²) in [7, 11) is 3.05. The number of nitrogens with zero attached hydrogens (tertiary/aromatic N) is 2. The van der Waals surface area contributed by atoms with Gasteiger partial charge in [-0.1, -0.05) is 0 Å². The van der Waals surface area contributed by atoms with Crippen LogP contribution in [0.3, 0.4) is 0 Å². The molecule has 2 aromatic rings. The normalized spacial score (nSPS) is 15.2. The zero-order valence-electron chi connectivity index (χ0n) is 15.3. The van der Waals surface area contributed by atoms with Crippen LogP contribution in [0.15, 0.2) is 12.3 Å². The lowest BCUT2D eigenvalue weighted by Crippen LogP contribution is -2.36. The average Bonchev–Trinajstić information content (AvgIpc) is 2.55. The van der Waals surface area contributed by atoms with Gasteiger partial charge in [0, 0.05) is 18.2 Å². The van der Waals surface area contributed by atoms with Crippen LogP contribution in [-0.4, -0.2) is 35.6 Å². The molecule has 0 bridgehead atoms. The highest BCUT2D eigenvalue weighted by Gasteiger charge is 2.37. The molecule has 0 radical (unpaired) electrons. The topological polar surface area (TPSA) is 123 Å². The van der Waals surface area contributed by atoms with Crippen molar-refractivity contribution in [2.75, 3.05) is 25.7 Å². The standard InChI is InChI=1S/C18H22N4O4/c1-18(2)7-11(23)13-9(5-10-8-21-17(20)22-16(10)19)6-12(24-3)14(25-4)15(13)26-18/h6,8H,5,7H2,1-4H3,(H4,19,20,21,22). The van der Waals surface area contributed by atoms with Crippen LogP contribution in [0.5, 0.6) is 17.2 Å². The summed E-state index contributed by atoms with van der Waals surface area (Å²) in [5.74, 6) is 1.60. The summed E-state index contributed by atoms with van der Waals surface area (Å²) in [5.41, 5.74) is 12.7. The maximum Gasteiger partial charge on any atom is 0.221 e. The fourth-order valence-electron chi connectivity index (χ4n) is 3.12. The Balaban J connectivity index is 2.18. The van der Waals surface area contributed by atoms with Crippen LogP contribution in [0.2, 0.25) is 0 Å². The number of aromatic nitrogens is 2. The molecule has 0 aliphatic carbocycles. The molecule has 0 unspecified atom stereocenters. The molecule has 0 atom stereocenters. The second kappa shape index (κ2) is 6.36. The first-order valence-electron chi connectivity index (χ1n) is 8.12. The molecule has 8 heteroatoms. The molecular weight excluding hydrogens is 336 g/mol. The quantitative estimate of drug-likeness (QED) is 0.851. The van der Waals surface area contributed by atoms with E-state index in [0.717, 1.165) is 0 Å². The van der Waals surface area contributed by atoms with Crippen molar-refractivity contribution >= 4 is 17.5 Å². The van der Waals surface area contributed by atoms with E-state index in [0.29, 0.717) is 40.4 Å². The molecule has 3 rings (SSSR count). The van der Waals surface area contributed by atoms with Crippen molar-refractivity contribution in [3.05, 3.63) is 29.0 Å². The van der Waals surface area contributed by atoms with Crippen LogP contribution in [-0.2, 0) is 6.42 Å². The summed E-state index contributed by atoms with van der Waals surface area (Å²) < 4.78 is 17.0. The van der Waals surface area contributed by atoms with Crippen LogP contribution in [0.1, 0.15) is 41.8 Å². The fourth-order valence-corrected chi connectivity index (χ4v) is 3.12. The van der Waals surface area contributed by atoms with Crippen molar-refractivity contribution in [3.8, 4) is 17.2 Å². The number of methoxy groups -OCH3 is 2. The molecule has 26 heavy (non-hydrogen) atoms. The van der Waals surface area contributed by atoms with Gasteiger partial charge in [0.25, 0.3) is 0 Å². The molecule has 1 aliphatic rings. The number of hydrogen-bond donors (Lipinski definition) is 2. The molecule has 0 saturated heterocycles. The van der Waals surface area contributed by atoms with E-state index < -0.39 is 5.60 Å². The molecule has 8 nitrogen and oxygen atoms in total. The van der Waals surface area contributed by atoms with E-state index >= 15 is 0 Å². The van der Waals surface area contributed by atoms with Gasteiger partial charge in [-0.2, -0.15) is 4.98 Å². The monoisotopic (exact) mass is 358 g/mol. The third-order valence-corrected chi connectivity index (χ3v) is 4.25. The largest absolute Gasteiger partial charge is 0.493 e. The van der Waals surface area contributed by atoms with E-state index in [9.17, 15) is 4.79 Å². The summed E-state index contributed by atoms with van der Waals surface area (Å²) >= 11 is 0. The number of rotatable bonds is 4. The van der Waals surface area contributed by atoms with Gasteiger partial charge in [0.1, 0.15) is 11.4 Å². The lowest BCUT2D eigenvalue weighted by Gasteiger charge is -2.34. The molecular formula is C18H22N4O4. The lowest BCUT2D eigenvalue weighted by molar-refractivity contribution is 0.0596. The highest BCUT2D eigenvalue weighted by atomic mass is 16.5. The lowest BCUT2D eigenvalue weighted by atomic mass is 9.88. The van der Waals surface area contributed by atoms with Crippen molar-refractivity contribution in [3.63, 3.8) is 0 Å². The maximum atomic E-state index is 12.9. The van der Waals surface area contributed by atoms with Crippen LogP contribution in [0.25, 0.3) is 0 Å². The SMILES string of the molecule is COc1cc(Cc2cnc(N)nc2N)c2c(c1OC)OC(C)(C)CC2=O. The van der Waals surface area contributed by atoms with E-state index in [-0.39, 0.29) is 24.0 Å². The highest BCUT2D eigenvalue weighted by Crippen LogP contribution is 2.47. The number of hydrogen-bond acceptors (Lipinski definition) is 8. The number of fused-ring (bicyclic) bond motifs is 1. The van der Waals surface area contributed by atoms with E-state index in [1.54, 1.807) is 12.3 Å². The molecule has 0 amide bonds. The summed E-state index contributed by atoms with van der Waals surface area (Å²) in [6.07, 6.45) is 2.15. The number of carbonyl (C=O) groups is 1. The summed E-state index contributed by atoms with van der Waals surface area (Å²) in [5, 5.41) is 0. The Kier molecular flexibility index (Phi) is 4.35. The third kappa shape index (κ3) is 3.10. The Bertz CT molecular complexity index is 880. The number of anilines is 2. The second-order valence-corrected chi connectivity index (χ2v) is 6.75. The first-order valence-corrected chi connectivity index (χ1v) is 8.12. The molecule has 4 N–H and O–H groups in total. The number of ketones is 1. The summed E-state index contributed by atoms with van der Waals surface area (Å²) in [6, 6.07) is 1.76. The fraction of sp³-hybridized carbons (Fsp3) is 0.389. The minimum atomic E-state index is -0.635. The summed E-state index contributed by atoms with van der Waals surface area (Å²) in [6.45, 7) is 3.72. The number of nitrogen functional groups attached to an aromatic ring is 2. The van der Waals surface area contributed by atoms with Gasteiger partial charge in [0.15, 0.2) is 17.3 Å². The smallest absolute Gasteiger partial charge is 0.221 e. The van der Waals surface area contributed by atoms with E-state index in [2.05, 4.69) is 9.97 Å². The highest BCUT2D eigenvalue weighted by molar-refractivity contribution is 6.03. The Morgan fingerprint density at radius 3 is 2.58 bits per heavy atom. The van der Waals surface area contributed by atoms with E-state index in [4.69, 9.17) is 25.7 Å². The minimum Gasteiger partial charge on any atom is -0.493 e. The maximum absolute atomic E-state index is 12.9. The van der Waals surface area contributed by atoms with Gasteiger partial charge in [0.2, 0.25) is 11.7 Å². The number of Topliss-reactive ketones (excluding diaryl/α,β-unsaturated/α-hetero) is 1. The van der Waals surface area contributed by atoms with Crippen LogP contribution in [0.4, 0.5) is 11.8 Å². The molecule has 0 spiro atoms. The Morgan fingerprint density at radius 2 is 1.96 bits per heavy atom. The van der Waals surface area contributed by atoms with Crippen molar-refractivity contribution in [2.24, 2.45) is 0 Å². The van der Waals surface area contributed by atoms with Gasteiger partial charge in [0.05, 0.1) is 26.2 Å².